The molecule has 1 aromatic carbocycles. The van der Waals surface area contributed by atoms with Gasteiger partial charge in [0.15, 0.2) is 0 Å². The van der Waals surface area contributed by atoms with Crippen molar-refractivity contribution in [3.05, 3.63) is 29.3 Å². The van der Waals surface area contributed by atoms with E-state index in [4.69, 9.17) is 9.84 Å². The van der Waals surface area contributed by atoms with E-state index in [1.807, 2.05) is 13.0 Å². The molecule has 20 heavy (non-hydrogen) atoms. The Hall–Kier alpha value is -1.51. The van der Waals surface area contributed by atoms with E-state index in [2.05, 4.69) is 26.0 Å². The molecule has 0 aliphatic heterocycles. The lowest BCUT2D eigenvalue weighted by Gasteiger charge is -2.15. The Kier molecular flexibility index (Phi) is 4.69. The molecule has 1 aliphatic carbocycles. The quantitative estimate of drug-likeness (QED) is 0.828. The SMILES string of the molecule is CCOc1ccc(CC(C)C2CC2C(=O)O)c(CC)c1. The summed E-state index contributed by atoms with van der Waals surface area (Å²) in [6.45, 7) is 6.99. The highest BCUT2D eigenvalue weighted by molar-refractivity contribution is 5.73. The first kappa shape index (κ1) is 14.9. The standard InChI is InChI=1S/C17H24O3/c1-4-12-9-14(20-5-2)7-6-13(12)8-11(3)15-10-16(15)17(18)19/h6-7,9,11,15-16H,4-5,8,10H2,1-3H3,(H,18,19). The normalized spacial score (nSPS) is 22.4. The number of carbonyl (C=O) groups is 1. The van der Waals surface area contributed by atoms with E-state index in [0.717, 1.165) is 25.0 Å². The summed E-state index contributed by atoms with van der Waals surface area (Å²) in [7, 11) is 0. The minimum absolute atomic E-state index is 0.113. The molecule has 3 unspecified atom stereocenters. The van der Waals surface area contributed by atoms with E-state index in [0.29, 0.717) is 18.4 Å². The second-order valence-corrected chi connectivity index (χ2v) is 5.74. The van der Waals surface area contributed by atoms with Gasteiger partial charge in [-0.15, -0.1) is 0 Å². The second-order valence-electron chi connectivity index (χ2n) is 5.74. The van der Waals surface area contributed by atoms with E-state index >= 15 is 0 Å². The summed E-state index contributed by atoms with van der Waals surface area (Å²) >= 11 is 0. The predicted molar refractivity (Wildman–Crippen MR) is 79.1 cm³/mol. The summed E-state index contributed by atoms with van der Waals surface area (Å²) in [5, 5.41) is 9.02. The van der Waals surface area contributed by atoms with Crippen LogP contribution in [0.1, 0.15) is 38.3 Å². The van der Waals surface area contributed by atoms with Crippen LogP contribution in [-0.4, -0.2) is 17.7 Å². The van der Waals surface area contributed by atoms with E-state index < -0.39 is 5.97 Å². The lowest BCUT2D eigenvalue weighted by Crippen LogP contribution is -2.09. The highest BCUT2D eigenvalue weighted by Gasteiger charge is 2.46. The average Bonchev–Trinajstić information content (AvgIpc) is 3.21. The smallest absolute Gasteiger partial charge is 0.306 e. The third-order valence-corrected chi connectivity index (χ3v) is 4.30. The Morgan fingerprint density at radius 1 is 1.40 bits per heavy atom. The Morgan fingerprint density at radius 2 is 2.15 bits per heavy atom. The van der Waals surface area contributed by atoms with E-state index in [-0.39, 0.29) is 5.92 Å². The Balaban J connectivity index is 2.03. The van der Waals surface area contributed by atoms with Gasteiger partial charge < -0.3 is 9.84 Å². The monoisotopic (exact) mass is 276 g/mol. The van der Waals surface area contributed by atoms with E-state index in [1.165, 1.54) is 11.1 Å². The zero-order valence-electron chi connectivity index (χ0n) is 12.6. The summed E-state index contributed by atoms with van der Waals surface area (Å²) in [5.41, 5.74) is 2.65. The lowest BCUT2D eigenvalue weighted by molar-refractivity contribution is -0.139. The molecule has 2 rings (SSSR count). The molecular formula is C17H24O3. The van der Waals surface area contributed by atoms with Gasteiger partial charge in [0, 0.05) is 0 Å². The Labute approximate surface area is 121 Å². The zero-order chi connectivity index (χ0) is 14.7. The summed E-state index contributed by atoms with van der Waals surface area (Å²) < 4.78 is 5.54. The van der Waals surface area contributed by atoms with Crippen LogP contribution in [0.15, 0.2) is 18.2 Å². The van der Waals surface area contributed by atoms with E-state index in [1.54, 1.807) is 0 Å². The molecule has 1 saturated carbocycles. The highest BCUT2D eigenvalue weighted by Crippen LogP contribution is 2.45. The van der Waals surface area contributed by atoms with Crippen molar-refractivity contribution in [1.29, 1.82) is 0 Å². The minimum atomic E-state index is -0.635. The van der Waals surface area contributed by atoms with Crippen molar-refractivity contribution in [2.45, 2.75) is 40.0 Å². The van der Waals surface area contributed by atoms with Crippen molar-refractivity contribution < 1.29 is 14.6 Å². The zero-order valence-corrected chi connectivity index (χ0v) is 12.6. The van der Waals surface area contributed by atoms with Crippen LogP contribution in [0.4, 0.5) is 0 Å². The molecule has 0 aromatic heterocycles. The molecule has 110 valence electrons. The molecule has 0 heterocycles. The third kappa shape index (κ3) is 3.33. The summed E-state index contributed by atoms with van der Waals surface area (Å²) in [6.07, 6.45) is 2.79. The number of hydrogen-bond donors (Lipinski definition) is 1. The van der Waals surface area contributed by atoms with Gasteiger partial charge in [0.2, 0.25) is 0 Å². The van der Waals surface area contributed by atoms with Crippen molar-refractivity contribution in [3.63, 3.8) is 0 Å². The fraction of sp³-hybridized carbons (Fsp3) is 0.588. The third-order valence-electron chi connectivity index (χ3n) is 4.30. The first-order chi connectivity index (χ1) is 9.56. The van der Waals surface area contributed by atoms with Crippen LogP contribution in [0.5, 0.6) is 5.75 Å². The van der Waals surface area contributed by atoms with Gasteiger partial charge in [0.25, 0.3) is 0 Å². The number of carboxylic acids is 1. The van der Waals surface area contributed by atoms with Crippen LogP contribution in [0.2, 0.25) is 0 Å². The van der Waals surface area contributed by atoms with Crippen LogP contribution < -0.4 is 4.74 Å². The molecule has 0 saturated heterocycles. The van der Waals surface area contributed by atoms with Gasteiger partial charge in [0.1, 0.15) is 5.75 Å². The first-order valence-electron chi connectivity index (χ1n) is 7.54. The maximum Gasteiger partial charge on any atom is 0.306 e. The maximum absolute atomic E-state index is 11.0. The number of ether oxygens (including phenoxy) is 1. The lowest BCUT2D eigenvalue weighted by atomic mass is 9.92. The van der Waals surface area contributed by atoms with Crippen LogP contribution >= 0.6 is 0 Å². The molecule has 0 radical (unpaired) electrons. The minimum Gasteiger partial charge on any atom is -0.494 e. The van der Waals surface area contributed by atoms with Crippen LogP contribution in [0.3, 0.4) is 0 Å². The van der Waals surface area contributed by atoms with Gasteiger partial charge in [-0.25, -0.2) is 0 Å². The molecule has 3 nitrogen and oxygen atoms in total. The predicted octanol–water partition coefficient (Wildman–Crippen LogP) is 3.55. The number of rotatable bonds is 7. The topological polar surface area (TPSA) is 46.5 Å². The number of benzene rings is 1. The molecule has 0 amide bonds. The fourth-order valence-electron chi connectivity index (χ4n) is 3.01. The molecule has 3 atom stereocenters. The maximum atomic E-state index is 11.0. The van der Waals surface area contributed by atoms with Crippen molar-refractivity contribution in [2.24, 2.45) is 17.8 Å². The van der Waals surface area contributed by atoms with Gasteiger partial charge in [-0.05, 0) is 61.3 Å². The molecule has 1 N–H and O–H groups in total. The number of aliphatic carboxylic acids is 1. The van der Waals surface area contributed by atoms with Crippen molar-refractivity contribution in [1.82, 2.24) is 0 Å². The fourth-order valence-corrected chi connectivity index (χ4v) is 3.01. The molecule has 1 aliphatic rings. The number of aryl methyl sites for hydroxylation is 1. The summed E-state index contributed by atoms with van der Waals surface area (Å²) in [4.78, 5) is 11.0. The first-order valence-corrected chi connectivity index (χ1v) is 7.54. The number of carboxylic acid groups (broad SMARTS) is 1. The van der Waals surface area contributed by atoms with Crippen LogP contribution in [-0.2, 0) is 17.6 Å². The second kappa shape index (κ2) is 6.29. The van der Waals surface area contributed by atoms with Gasteiger partial charge in [-0.2, -0.15) is 0 Å². The van der Waals surface area contributed by atoms with Gasteiger partial charge in [0.05, 0.1) is 12.5 Å². The average molecular weight is 276 g/mol. The van der Waals surface area contributed by atoms with E-state index in [9.17, 15) is 4.79 Å². The Morgan fingerprint density at radius 3 is 2.70 bits per heavy atom. The van der Waals surface area contributed by atoms with Crippen molar-refractivity contribution >= 4 is 5.97 Å². The summed E-state index contributed by atoms with van der Waals surface area (Å²) in [6, 6.07) is 6.28. The van der Waals surface area contributed by atoms with Crippen LogP contribution in [0, 0.1) is 17.8 Å². The van der Waals surface area contributed by atoms with Crippen LogP contribution in [0.25, 0.3) is 0 Å². The largest absolute Gasteiger partial charge is 0.494 e. The molecular weight excluding hydrogens is 252 g/mol. The molecule has 0 bridgehead atoms. The molecule has 0 spiro atoms. The van der Waals surface area contributed by atoms with Gasteiger partial charge >= 0.3 is 5.97 Å². The van der Waals surface area contributed by atoms with Gasteiger partial charge in [-0.1, -0.05) is 19.9 Å². The molecule has 3 heteroatoms. The Bertz CT molecular complexity index is 481. The summed E-state index contributed by atoms with van der Waals surface area (Å²) in [5.74, 6) is 0.959. The van der Waals surface area contributed by atoms with Crippen molar-refractivity contribution in [2.75, 3.05) is 6.61 Å². The highest BCUT2D eigenvalue weighted by atomic mass is 16.5. The molecule has 1 aromatic rings. The van der Waals surface area contributed by atoms with Gasteiger partial charge in [-0.3, -0.25) is 4.79 Å². The molecule has 1 fully saturated rings. The number of hydrogen-bond acceptors (Lipinski definition) is 2. The van der Waals surface area contributed by atoms with Crippen molar-refractivity contribution in [3.8, 4) is 5.75 Å².